The molecule has 0 spiro atoms. The van der Waals surface area contributed by atoms with Gasteiger partial charge in [0.2, 0.25) is 0 Å². The van der Waals surface area contributed by atoms with Crippen LogP contribution in [-0.4, -0.2) is 5.33 Å². The van der Waals surface area contributed by atoms with Crippen molar-refractivity contribution in [2.45, 2.75) is 59.3 Å². The average molecular weight is 299 g/mol. The first kappa shape index (κ1) is 16.7. The van der Waals surface area contributed by atoms with Crippen LogP contribution < -0.4 is 0 Å². The van der Waals surface area contributed by atoms with Gasteiger partial charge in [0.25, 0.3) is 0 Å². The molecule has 0 saturated carbocycles. The van der Waals surface area contributed by atoms with Gasteiger partial charge >= 0.3 is 0 Å². The van der Waals surface area contributed by atoms with Crippen LogP contribution in [0.3, 0.4) is 0 Å². The highest BCUT2D eigenvalue weighted by Gasteiger charge is 1.87. The van der Waals surface area contributed by atoms with Gasteiger partial charge in [-0.15, -0.1) is 0 Å². The van der Waals surface area contributed by atoms with Gasteiger partial charge in [-0.25, -0.2) is 0 Å². The van der Waals surface area contributed by atoms with Crippen molar-refractivity contribution >= 4 is 15.9 Å². The zero-order valence-electron chi connectivity index (χ0n) is 11.6. The van der Waals surface area contributed by atoms with E-state index in [0.717, 1.165) is 18.2 Å². The van der Waals surface area contributed by atoms with Crippen LogP contribution >= 0.6 is 15.9 Å². The van der Waals surface area contributed by atoms with Crippen molar-refractivity contribution < 1.29 is 0 Å². The van der Waals surface area contributed by atoms with Crippen LogP contribution in [0, 0.1) is 0 Å². The molecule has 0 heterocycles. The smallest absolute Gasteiger partial charge is 0.0239 e. The fourth-order valence-corrected chi connectivity index (χ4v) is 1.73. The minimum absolute atomic E-state index is 0.983. The predicted octanol–water partition coefficient (Wildman–Crippen LogP) is 6.19. The summed E-state index contributed by atoms with van der Waals surface area (Å²) in [6.45, 7) is 6.62. The van der Waals surface area contributed by atoms with Crippen LogP contribution in [-0.2, 0) is 0 Å². The summed E-state index contributed by atoms with van der Waals surface area (Å²) in [6, 6.07) is 0. The molecule has 0 amide bonds. The number of allylic oxidation sites excluding steroid dienone is 6. The minimum atomic E-state index is 0.983. The molecule has 0 aromatic carbocycles. The third-order valence-electron chi connectivity index (χ3n) is 2.72. The Labute approximate surface area is 116 Å². The second-order valence-corrected chi connectivity index (χ2v) is 5.20. The van der Waals surface area contributed by atoms with Crippen LogP contribution in [0.15, 0.2) is 35.5 Å². The highest BCUT2D eigenvalue weighted by molar-refractivity contribution is 9.09. The summed E-state index contributed by atoms with van der Waals surface area (Å²) in [5.41, 5.74) is 2.87. The van der Waals surface area contributed by atoms with Crippen LogP contribution in [0.1, 0.15) is 59.3 Å². The molecule has 0 saturated heterocycles. The standard InChI is InChI=1S/C16H27Br/c1-4-5-6-7-8-9-11-15(2)12-10-13-16(3)14-17/h8-9,12-13H,4-7,10-11,14H2,1-3H3. The molecule has 0 aromatic rings. The van der Waals surface area contributed by atoms with Gasteiger partial charge in [0.1, 0.15) is 0 Å². The summed E-state index contributed by atoms with van der Waals surface area (Å²) >= 11 is 3.45. The molecule has 0 fully saturated rings. The van der Waals surface area contributed by atoms with Gasteiger partial charge in [-0.3, -0.25) is 0 Å². The SMILES string of the molecule is CCCCCC=CCC(C)=CCC=C(C)CBr. The van der Waals surface area contributed by atoms with Crippen LogP contribution in [0.25, 0.3) is 0 Å². The van der Waals surface area contributed by atoms with Gasteiger partial charge < -0.3 is 0 Å². The Bertz CT molecular complexity index is 259. The van der Waals surface area contributed by atoms with Crippen molar-refractivity contribution in [2.75, 3.05) is 5.33 Å². The van der Waals surface area contributed by atoms with Crippen molar-refractivity contribution in [1.29, 1.82) is 0 Å². The Morgan fingerprint density at radius 2 is 1.71 bits per heavy atom. The molecule has 0 aromatic heterocycles. The van der Waals surface area contributed by atoms with Gasteiger partial charge in [0.15, 0.2) is 0 Å². The zero-order valence-corrected chi connectivity index (χ0v) is 13.2. The lowest BCUT2D eigenvalue weighted by molar-refractivity contribution is 0.728. The Morgan fingerprint density at radius 1 is 1.00 bits per heavy atom. The van der Waals surface area contributed by atoms with Gasteiger partial charge in [0.05, 0.1) is 0 Å². The zero-order chi connectivity index (χ0) is 12.9. The van der Waals surface area contributed by atoms with E-state index in [1.165, 1.54) is 36.8 Å². The summed E-state index contributed by atoms with van der Waals surface area (Å²) in [6.07, 6.45) is 16.6. The van der Waals surface area contributed by atoms with E-state index in [-0.39, 0.29) is 0 Å². The first-order valence-corrected chi connectivity index (χ1v) is 7.85. The number of halogens is 1. The largest absolute Gasteiger partial charge is 0.0882 e. The van der Waals surface area contributed by atoms with Crippen LogP contribution in [0.4, 0.5) is 0 Å². The number of alkyl halides is 1. The lowest BCUT2D eigenvalue weighted by atomic mass is 10.1. The fourth-order valence-electron chi connectivity index (χ4n) is 1.50. The second-order valence-electron chi connectivity index (χ2n) is 4.64. The third-order valence-corrected chi connectivity index (χ3v) is 3.61. The highest BCUT2D eigenvalue weighted by Crippen LogP contribution is 2.07. The predicted molar refractivity (Wildman–Crippen MR) is 83.8 cm³/mol. The molecule has 0 aliphatic carbocycles. The van der Waals surface area contributed by atoms with Crippen molar-refractivity contribution in [3.63, 3.8) is 0 Å². The van der Waals surface area contributed by atoms with E-state index in [2.05, 4.69) is 61.0 Å². The van der Waals surface area contributed by atoms with E-state index >= 15 is 0 Å². The molecule has 98 valence electrons. The highest BCUT2D eigenvalue weighted by atomic mass is 79.9. The van der Waals surface area contributed by atoms with Crippen molar-refractivity contribution in [2.24, 2.45) is 0 Å². The fraction of sp³-hybridized carbons (Fsp3) is 0.625. The van der Waals surface area contributed by atoms with E-state index in [1.54, 1.807) is 0 Å². The Hall–Kier alpha value is -0.300. The Balaban J connectivity index is 3.70. The summed E-state index contributed by atoms with van der Waals surface area (Å²) in [7, 11) is 0. The van der Waals surface area contributed by atoms with Gasteiger partial charge in [-0.1, -0.05) is 71.1 Å². The van der Waals surface area contributed by atoms with E-state index in [0.29, 0.717) is 0 Å². The molecule has 1 heteroatoms. The molecule has 0 bridgehead atoms. The average Bonchev–Trinajstić information content (AvgIpc) is 2.33. The lowest BCUT2D eigenvalue weighted by Gasteiger charge is -1.96. The second kappa shape index (κ2) is 12.2. The molecule has 0 N–H and O–H groups in total. The maximum absolute atomic E-state index is 3.45. The number of rotatable bonds is 9. The maximum Gasteiger partial charge on any atom is 0.0239 e. The topological polar surface area (TPSA) is 0 Å². The van der Waals surface area contributed by atoms with E-state index in [1.807, 2.05) is 0 Å². The number of hydrogen-bond donors (Lipinski definition) is 0. The summed E-state index contributed by atoms with van der Waals surface area (Å²) in [4.78, 5) is 0. The molecule has 0 atom stereocenters. The van der Waals surface area contributed by atoms with Crippen LogP contribution in [0.5, 0.6) is 0 Å². The summed E-state index contributed by atoms with van der Waals surface area (Å²) in [5.74, 6) is 0. The van der Waals surface area contributed by atoms with E-state index in [4.69, 9.17) is 0 Å². The first-order valence-electron chi connectivity index (χ1n) is 6.73. The Morgan fingerprint density at radius 3 is 2.35 bits per heavy atom. The van der Waals surface area contributed by atoms with Gasteiger partial charge in [-0.05, 0) is 39.5 Å². The number of hydrogen-bond acceptors (Lipinski definition) is 0. The van der Waals surface area contributed by atoms with Gasteiger partial charge in [0, 0.05) is 5.33 Å². The molecular formula is C16H27Br. The molecule has 17 heavy (non-hydrogen) atoms. The number of unbranched alkanes of at least 4 members (excludes halogenated alkanes) is 3. The van der Waals surface area contributed by atoms with Crippen molar-refractivity contribution in [3.8, 4) is 0 Å². The minimum Gasteiger partial charge on any atom is -0.0882 e. The maximum atomic E-state index is 3.45. The molecule has 0 rings (SSSR count). The molecule has 0 unspecified atom stereocenters. The lowest BCUT2D eigenvalue weighted by Crippen LogP contribution is -1.77. The third kappa shape index (κ3) is 12.0. The normalized spacial score (nSPS) is 13.6. The quantitative estimate of drug-likeness (QED) is 0.270. The Kier molecular flexibility index (Phi) is 12.0. The molecule has 0 aliphatic heterocycles. The molecule has 0 radical (unpaired) electrons. The molecular weight excluding hydrogens is 272 g/mol. The molecule has 0 aliphatic rings. The van der Waals surface area contributed by atoms with Crippen molar-refractivity contribution in [1.82, 2.24) is 0 Å². The summed E-state index contributed by atoms with van der Waals surface area (Å²) in [5, 5.41) is 0.983. The van der Waals surface area contributed by atoms with Gasteiger partial charge in [-0.2, -0.15) is 0 Å². The van der Waals surface area contributed by atoms with E-state index < -0.39 is 0 Å². The van der Waals surface area contributed by atoms with E-state index in [9.17, 15) is 0 Å². The van der Waals surface area contributed by atoms with Crippen molar-refractivity contribution in [3.05, 3.63) is 35.5 Å². The monoisotopic (exact) mass is 298 g/mol. The first-order chi connectivity index (χ1) is 8.20. The molecule has 0 nitrogen and oxygen atoms in total. The summed E-state index contributed by atoms with van der Waals surface area (Å²) < 4.78 is 0. The van der Waals surface area contributed by atoms with Crippen LogP contribution in [0.2, 0.25) is 0 Å².